The molecule has 0 radical (unpaired) electrons. The predicted molar refractivity (Wildman–Crippen MR) is 341 cm³/mol. The Bertz CT molecular complexity index is 4760. The highest BCUT2D eigenvalue weighted by Gasteiger charge is 2.52. The molecule has 0 saturated heterocycles. The zero-order valence-corrected chi connectivity index (χ0v) is 45.1. The van der Waals surface area contributed by atoms with Crippen molar-refractivity contribution in [3.8, 4) is 84.1 Å². The molecule has 14 aromatic rings. The SMILES string of the molecule is O=c1c2ccccc2c2cc(-c3ccccc3)cc3c2n1-c1ccc(-c2ccccc2)cc1C31c2cc(-c3ccccc3)ccc2N(c2cccc(-c3nc(-c4ccccc4)cc(-c4ccccc4)n3)c2)c2ccc(-c3ccccc3)cc21. The average Bonchev–Trinajstić information content (AvgIpc) is 0.861. The quantitative estimate of drug-likeness (QED) is 0.142. The lowest BCUT2D eigenvalue weighted by Crippen LogP contribution is -2.42. The van der Waals surface area contributed by atoms with E-state index in [0.717, 1.165) is 134 Å². The summed E-state index contributed by atoms with van der Waals surface area (Å²) in [6.45, 7) is 0. The number of anilines is 3. The first kappa shape index (κ1) is 47.9. The highest BCUT2D eigenvalue weighted by Crippen LogP contribution is 2.63. The summed E-state index contributed by atoms with van der Waals surface area (Å²) in [7, 11) is 0. The zero-order chi connectivity index (χ0) is 55.0. The van der Waals surface area contributed by atoms with Crippen molar-refractivity contribution >= 4 is 38.7 Å². The predicted octanol–water partition coefficient (Wildman–Crippen LogP) is 19.1. The molecule has 0 unspecified atom stereocenters. The third kappa shape index (κ3) is 7.74. The van der Waals surface area contributed by atoms with Crippen molar-refractivity contribution in [2.24, 2.45) is 0 Å². The van der Waals surface area contributed by atoms with E-state index in [9.17, 15) is 0 Å². The second kappa shape index (κ2) is 19.4. The van der Waals surface area contributed by atoms with Crippen LogP contribution < -0.4 is 10.5 Å². The molecule has 2 aromatic heterocycles. The van der Waals surface area contributed by atoms with Crippen molar-refractivity contribution in [3.05, 3.63) is 336 Å². The van der Waals surface area contributed by atoms with Crippen LogP contribution in [0.15, 0.2) is 308 Å². The number of hydrogen-bond donors (Lipinski definition) is 0. The fourth-order valence-corrected chi connectivity index (χ4v) is 13.2. The summed E-state index contributed by atoms with van der Waals surface area (Å²) in [5.74, 6) is 0.629. The van der Waals surface area contributed by atoms with E-state index in [1.807, 2.05) is 28.8 Å². The smallest absolute Gasteiger partial charge is 0.263 e. The monoisotopic (exact) mass is 1060 g/mol. The first-order chi connectivity index (χ1) is 41.1. The van der Waals surface area contributed by atoms with Crippen LogP contribution in [0.1, 0.15) is 22.3 Å². The maximum atomic E-state index is 15.8. The van der Waals surface area contributed by atoms with Crippen molar-refractivity contribution in [1.82, 2.24) is 14.5 Å². The Hall–Kier alpha value is -11.0. The Kier molecular flexibility index (Phi) is 11.2. The Morgan fingerprint density at radius 2 is 0.675 bits per heavy atom. The topological polar surface area (TPSA) is 51.0 Å². The summed E-state index contributed by atoms with van der Waals surface area (Å²) in [5, 5.41) is 2.60. The molecule has 0 amide bonds. The number of benzene rings is 12. The van der Waals surface area contributed by atoms with E-state index in [0.29, 0.717) is 11.2 Å². The first-order valence-corrected chi connectivity index (χ1v) is 28.2. The van der Waals surface area contributed by atoms with Gasteiger partial charge in [-0.25, -0.2) is 9.97 Å². The molecule has 2 aliphatic heterocycles. The maximum Gasteiger partial charge on any atom is 0.263 e. The van der Waals surface area contributed by atoms with Crippen LogP contribution in [0.3, 0.4) is 0 Å². The average molecular weight is 1060 g/mol. The molecule has 0 aliphatic carbocycles. The summed E-state index contributed by atoms with van der Waals surface area (Å²) in [6.07, 6.45) is 0. The normalized spacial score (nSPS) is 12.7. The Morgan fingerprint density at radius 1 is 0.277 bits per heavy atom. The van der Waals surface area contributed by atoms with Crippen molar-refractivity contribution in [3.63, 3.8) is 0 Å². The number of hydrogen-bond acceptors (Lipinski definition) is 4. The lowest BCUT2D eigenvalue weighted by atomic mass is 9.59. The van der Waals surface area contributed by atoms with Gasteiger partial charge in [-0.05, 0) is 145 Å². The van der Waals surface area contributed by atoms with Crippen LogP contribution in [-0.2, 0) is 5.41 Å². The Balaban J connectivity index is 1.06. The van der Waals surface area contributed by atoms with Gasteiger partial charge in [0.15, 0.2) is 5.82 Å². The molecule has 4 heterocycles. The van der Waals surface area contributed by atoms with Gasteiger partial charge in [-0.15, -0.1) is 0 Å². The summed E-state index contributed by atoms with van der Waals surface area (Å²) in [4.78, 5) is 28.9. The van der Waals surface area contributed by atoms with Crippen molar-refractivity contribution in [2.45, 2.75) is 5.41 Å². The molecule has 0 atom stereocenters. The van der Waals surface area contributed by atoms with E-state index in [4.69, 9.17) is 9.97 Å². The Labute approximate surface area is 481 Å². The van der Waals surface area contributed by atoms with Crippen LogP contribution >= 0.6 is 0 Å². The molecule has 0 N–H and O–H groups in total. The molecule has 5 heteroatoms. The van der Waals surface area contributed by atoms with Gasteiger partial charge in [-0.3, -0.25) is 9.36 Å². The van der Waals surface area contributed by atoms with Gasteiger partial charge in [0, 0.05) is 33.2 Å². The summed E-state index contributed by atoms with van der Waals surface area (Å²) in [5.41, 5.74) is 21.1. The van der Waals surface area contributed by atoms with Crippen molar-refractivity contribution < 1.29 is 0 Å². The molecule has 0 fully saturated rings. The van der Waals surface area contributed by atoms with Gasteiger partial charge >= 0.3 is 0 Å². The number of nitrogens with zero attached hydrogens (tertiary/aromatic N) is 4. The van der Waals surface area contributed by atoms with E-state index >= 15 is 4.79 Å². The number of pyridine rings is 1. The first-order valence-electron chi connectivity index (χ1n) is 28.2. The van der Waals surface area contributed by atoms with Gasteiger partial charge in [0.2, 0.25) is 0 Å². The van der Waals surface area contributed by atoms with Gasteiger partial charge in [0.1, 0.15) is 0 Å². The summed E-state index contributed by atoms with van der Waals surface area (Å²) < 4.78 is 2.03. The molecule has 0 bridgehead atoms. The minimum atomic E-state index is -1.05. The van der Waals surface area contributed by atoms with E-state index < -0.39 is 5.41 Å². The molecule has 12 aromatic carbocycles. The van der Waals surface area contributed by atoms with Crippen LogP contribution in [-0.4, -0.2) is 14.5 Å². The molecule has 388 valence electrons. The van der Waals surface area contributed by atoms with E-state index in [1.54, 1.807) is 0 Å². The van der Waals surface area contributed by atoms with Crippen LogP contribution in [0.5, 0.6) is 0 Å². The molecule has 16 rings (SSSR count). The molecule has 2 aliphatic rings. The zero-order valence-electron chi connectivity index (χ0n) is 45.1. The fourth-order valence-electron chi connectivity index (χ4n) is 13.2. The lowest BCUT2D eigenvalue weighted by Gasteiger charge is -2.49. The van der Waals surface area contributed by atoms with E-state index in [-0.39, 0.29) is 5.56 Å². The van der Waals surface area contributed by atoms with Gasteiger partial charge < -0.3 is 4.90 Å². The Morgan fingerprint density at radius 3 is 1.17 bits per heavy atom. The lowest BCUT2D eigenvalue weighted by molar-refractivity contribution is 0.710. The van der Waals surface area contributed by atoms with Crippen molar-refractivity contribution in [2.75, 3.05) is 4.90 Å². The highest BCUT2D eigenvalue weighted by molar-refractivity contribution is 6.11. The maximum absolute atomic E-state index is 15.8. The van der Waals surface area contributed by atoms with Crippen LogP contribution in [0.2, 0.25) is 0 Å². The standard InChI is InChI=1S/C78H50N4O/c83-77-64-37-20-19-36-63(64)65-45-61(54-28-13-4-14-29-54)49-69-75(65)82(77)74-43-40-59(53-26-11-3-12-27-53)48-68(74)78(69)66-46-57(51-22-7-1-8-23-51)38-41-72(66)81(73-42-39-58(47-67(73)78)52-24-9-2-10-25-52)62-35-21-34-60(44-62)76-79-70(55-30-15-5-16-31-55)50-71(80-76)56-32-17-6-18-33-56/h1-50H. The molecule has 5 nitrogen and oxygen atoms in total. The third-order valence-electron chi connectivity index (χ3n) is 17.0. The molecule has 0 saturated carbocycles. The second-order valence-electron chi connectivity index (χ2n) is 21.6. The summed E-state index contributed by atoms with van der Waals surface area (Å²) in [6, 6.07) is 108. The number of aromatic nitrogens is 3. The van der Waals surface area contributed by atoms with Crippen LogP contribution in [0.25, 0.3) is 106 Å². The highest BCUT2D eigenvalue weighted by atomic mass is 16.1. The van der Waals surface area contributed by atoms with E-state index in [1.165, 1.54) is 0 Å². The minimum Gasteiger partial charge on any atom is -0.310 e. The largest absolute Gasteiger partial charge is 0.310 e. The molecular formula is C78H50N4O. The van der Waals surface area contributed by atoms with Gasteiger partial charge in [0.05, 0.1) is 39.4 Å². The number of rotatable bonds is 8. The van der Waals surface area contributed by atoms with Gasteiger partial charge in [-0.2, -0.15) is 0 Å². The molecule has 83 heavy (non-hydrogen) atoms. The minimum absolute atomic E-state index is 0.0508. The van der Waals surface area contributed by atoms with Crippen molar-refractivity contribution in [1.29, 1.82) is 0 Å². The fraction of sp³-hybridized carbons (Fsp3) is 0.0128. The van der Waals surface area contributed by atoms with Gasteiger partial charge in [-0.1, -0.05) is 231 Å². The van der Waals surface area contributed by atoms with E-state index in [2.05, 4.69) is 284 Å². The molecule has 1 spiro atoms. The second-order valence-corrected chi connectivity index (χ2v) is 21.6. The van der Waals surface area contributed by atoms with Gasteiger partial charge in [0.25, 0.3) is 5.56 Å². The van der Waals surface area contributed by atoms with Crippen LogP contribution in [0.4, 0.5) is 17.1 Å². The third-order valence-corrected chi connectivity index (χ3v) is 17.0. The van der Waals surface area contributed by atoms with Crippen LogP contribution in [0, 0.1) is 0 Å². The number of fused-ring (bicyclic) bond motifs is 10. The molecular weight excluding hydrogens is 1010 g/mol. The summed E-state index contributed by atoms with van der Waals surface area (Å²) >= 11 is 0.